The second-order valence-electron chi connectivity index (χ2n) is 5.60. The fourth-order valence-electron chi connectivity index (χ4n) is 2.91. The average Bonchev–Trinajstić information content (AvgIpc) is 2.53. The molecule has 2 aromatic heterocycles. The monoisotopic (exact) mass is 286 g/mol. The predicted octanol–water partition coefficient (Wildman–Crippen LogP) is 2.47. The summed E-state index contributed by atoms with van der Waals surface area (Å²) < 4.78 is 0. The van der Waals surface area contributed by atoms with E-state index in [-0.39, 0.29) is 0 Å². The van der Waals surface area contributed by atoms with E-state index < -0.39 is 11.4 Å². The molecule has 1 aliphatic carbocycles. The largest absolute Gasteiger partial charge is 0.481 e. The van der Waals surface area contributed by atoms with Crippen molar-refractivity contribution in [1.29, 1.82) is 0 Å². The van der Waals surface area contributed by atoms with Gasteiger partial charge in [0, 0.05) is 18.9 Å². The van der Waals surface area contributed by atoms with Crippen LogP contribution in [0.1, 0.15) is 32.1 Å². The number of fused-ring (bicyclic) bond motifs is 1. The highest BCUT2D eigenvalue weighted by atomic mass is 16.4. The number of hydrogen-bond donors (Lipinski definition) is 2. The first kappa shape index (κ1) is 13.7. The third-order valence-electron chi connectivity index (χ3n) is 4.20. The Bertz CT molecular complexity index is 653. The van der Waals surface area contributed by atoms with E-state index in [1.165, 1.54) is 0 Å². The molecule has 2 aromatic rings. The molecule has 1 fully saturated rings. The summed E-state index contributed by atoms with van der Waals surface area (Å²) in [5, 5.41) is 12.7. The molecule has 6 nitrogen and oxygen atoms in total. The van der Waals surface area contributed by atoms with Crippen molar-refractivity contribution in [1.82, 2.24) is 15.0 Å². The van der Waals surface area contributed by atoms with Crippen molar-refractivity contribution in [2.75, 3.05) is 11.9 Å². The number of carboxylic acid groups (broad SMARTS) is 1. The number of rotatable bonds is 4. The van der Waals surface area contributed by atoms with Gasteiger partial charge in [-0.1, -0.05) is 19.3 Å². The predicted molar refractivity (Wildman–Crippen MR) is 79.0 cm³/mol. The zero-order valence-corrected chi connectivity index (χ0v) is 11.7. The number of carbonyl (C=O) groups is 1. The topological polar surface area (TPSA) is 88.0 Å². The number of pyridine rings is 1. The Kier molecular flexibility index (Phi) is 3.68. The zero-order chi connectivity index (χ0) is 14.7. The number of anilines is 1. The van der Waals surface area contributed by atoms with Crippen LogP contribution in [-0.4, -0.2) is 32.6 Å². The number of nitrogens with zero attached hydrogens (tertiary/aromatic N) is 3. The fourth-order valence-corrected chi connectivity index (χ4v) is 2.91. The van der Waals surface area contributed by atoms with Crippen LogP contribution in [0, 0.1) is 5.41 Å². The molecule has 6 heteroatoms. The summed E-state index contributed by atoms with van der Waals surface area (Å²) in [6, 6.07) is 3.65. The summed E-state index contributed by atoms with van der Waals surface area (Å²) >= 11 is 0. The number of nitrogens with one attached hydrogen (secondary N) is 1. The van der Waals surface area contributed by atoms with Crippen LogP contribution in [0.5, 0.6) is 0 Å². The van der Waals surface area contributed by atoms with Crippen LogP contribution in [0.15, 0.2) is 24.5 Å². The second kappa shape index (κ2) is 5.63. The fraction of sp³-hybridized carbons (Fsp3) is 0.467. The van der Waals surface area contributed by atoms with Gasteiger partial charge in [-0.25, -0.2) is 9.97 Å². The molecule has 0 spiro atoms. The molecule has 0 atom stereocenters. The van der Waals surface area contributed by atoms with Crippen molar-refractivity contribution < 1.29 is 9.90 Å². The van der Waals surface area contributed by atoms with Gasteiger partial charge in [-0.15, -0.1) is 0 Å². The lowest BCUT2D eigenvalue weighted by atomic mass is 9.74. The lowest BCUT2D eigenvalue weighted by Crippen LogP contribution is -2.39. The van der Waals surface area contributed by atoms with Crippen LogP contribution in [-0.2, 0) is 4.79 Å². The first-order valence-electron chi connectivity index (χ1n) is 7.25. The van der Waals surface area contributed by atoms with Gasteiger partial charge in [0.2, 0.25) is 0 Å². The molecular formula is C15H18N4O2. The molecule has 3 rings (SSSR count). The molecule has 1 aliphatic rings. The van der Waals surface area contributed by atoms with Gasteiger partial charge in [0.1, 0.15) is 11.3 Å². The van der Waals surface area contributed by atoms with Gasteiger partial charge in [-0.05, 0) is 25.0 Å². The average molecular weight is 286 g/mol. The van der Waals surface area contributed by atoms with E-state index in [9.17, 15) is 9.90 Å². The molecule has 0 aromatic carbocycles. The van der Waals surface area contributed by atoms with Crippen molar-refractivity contribution in [3.63, 3.8) is 0 Å². The maximum atomic E-state index is 11.6. The minimum atomic E-state index is -0.713. The van der Waals surface area contributed by atoms with Crippen LogP contribution < -0.4 is 5.32 Å². The summed E-state index contributed by atoms with van der Waals surface area (Å²) in [7, 11) is 0. The van der Waals surface area contributed by atoms with E-state index in [0.717, 1.165) is 37.6 Å². The molecule has 0 saturated heterocycles. The lowest BCUT2D eigenvalue weighted by Gasteiger charge is -2.33. The van der Waals surface area contributed by atoms with Crippen molar-refractivity contribution in [2.45, 2.75) is 32.1 Å². The van der Waals surface area contributed by atoms with E-state index >= 15 is 0 Å². The van der Waals surface area contributed by atoms with E-state index in [1.54, 1.807) is 12.4 Å². The smallest absolute Gasteiger partial charge is 0.311 e. The SMILES string of the molecule is O=C(O)C1(CNc2ccc3nccnc3n2)CCCCC1. The summed E-state index contributed by atoms with van der Waals surface area (Å²) in [5.41, 5.74) is 0.626. The van der Waals surface area contributed by atoms with Gasteiger partial charge in [-0.2, -0.15) is 0 Å². The van der Waals surface area contributed by atoms with E-state index in [4.69, 9.17) is 0 Å². The third-order valence-corrected chi connectivity index (χ3v) is 4.20. The van der Waals surface area contributed by atoms with Crippen LogP contribution in [0.3, 0.4) is 0 Å². The molecule has 0 unspecified atom stereocenters. The summed E-state index contributed by atoms with van der Waals surface area (Å²) in [4.78, 5) is 24.3. The normalized spacial score (nSPS) is 17.5. The Hall–Kier alpha value is -2.24. The molecule has 2 heterocycles. The minimum Gasteiger partial charge on any atom is -0.481 e. The van der Waals surface area contributed by atoms with Gasteiger partial charge < -0.3 is 10.4 Å². The van der Waals surface area contributed by atoms with Crippen molar-refractivity contribution in [3.8, 4) is 0 Å². The van der Waals surface area contributed by atoms with Gasteiger partial charge in [-0.3, -0.25) is 9.78 Å². The zero-order valence-electron chi connectivity index (χ0n) is 11.7. The molecule has 0 aliphatic heterocycles. The van der Waals surface area contributed by atoms with Crippen molar-refractivity contribution in [3.05, 3.63) is 24.5 Å². The van der Waals surface area contributed by atoms with Crippen LogP contribution in [0.4, 0.5) is 5.82 Å². The van der Waals surface area contributed by atoms with Crippen LogP contribution >= 0.6 is 0 Å². The first-order chi connectivity index (χ1) is 10.2. The van der Waals surface area contributed by atoms with Crippen molar-refractivity contribution >= 4 is 23.0 Å². The van der Waals surface area contributed by atoms with E-state index in [2.05, 4.69) is 20.3 Å². The van der Waals surface area contributed by atoms with Gasteiger partial charge in [0.25, 0.3) is 0 Å². The van der Waals surface area contributed by atoms with E-state index in [0.29, 0.717) is 18.0 Å². The minimum absolute atomic E-state index is 0.404. The standard InChI is InChI=1S/C15H18N4O2/c20-14(21)15(6-2-1-3-7-15)10-18-12-5-4-11-13(19-12)17-9-8-16-11/h4-5,8-9H,1-3,6-7,10H2,(H,20,21)(H,17,18,19). The van der Waals surface area contributed by atoms with Gasteiger partial charge in [0.15, 0.2) is 5.65 Å². The molecule has 0 radical (unpaired) electrons. The number of carboxylic acids is 1. The quantitative estimate of drug-likeness (QED) is 0.897. The Morgan fingerprint density at radius 3 is 2.71 bits per heavy atom. The van der Waals surface area contributed by atoms with E-state index in [1.807, 2.05) is 12.1 Å². The lowest BCUT2D eigenvalue weighted by molar-refractivity contribution is -0.150. The maximum absolute atomic E-state index is 11.6. The number of aromatic nitrogens is 3. The summed E-state index contributed by atoms with van der Waals surface area (Å²) in [6.07, 6.45) is 7.75. The molecule has 2 N–H and O–H groups in total. The third kappa shape index (κ3) is 2.79. The van der Waals surface area contributed by atoms with Crippen LogP contribution in [0.25, 0.3) is 11.2 Å². The maximum Gasteiger partial charge on any atom is 0.311 e. The number of aliphatic carboxylic acids is 1. The highest BCUT2D eigenvalue weighted by Gasteiger charge is 2.39. The first-order valence-corrected chi connectivity index (χ1v) is 7.25. The van der Waals surface area contributed by atoms with Crippen LogP contribution in [0.2, 0.25) is 0 Å². The Balaban J connectivity index is 1.76. The molecule has 21 heavy (non-hydrogen) atoms. The summed E-state index contributed by atoms with van der Waals surface area (Å²) in [6.45, 7) is 0.404. The number of hydrogen-bond acceptors (Lipinski definition) is 5. The highest BCUT2D eigenvalue weighted by molar-refractivity contribution is 5.76. The highest BCUT2D eigenvalue weighted by Crippen LogP contribution is 2.36. The molecule has 1 saturated carbocycles. The van der Waals surface area contributed by atoms with Gasteiger partial charge >= 0.3 is 5.97 Å². The van der Waals surface area contributed by atoms with Crippen molar-refractivity contribution in [2.24, 2.45) is 5.41 Å². The Morgan fingerprint density at radius 1 is 1.19 bits per heavy atom. The molecule has 0 amide bonds. The molecule has 110 valence electrons. The molecule has 0 bridgehead atoms. The second-order valence-corrected chi connectivity index (χ2v) is 5.60. The summed E-state index contributed by atoms with van der Waals surface area (Å²) in [5.74, 6) is -0.0653. The molecular weight excluding hydrogens is 268 g/mol. The van der Waals surface area contributed by atoms with Gasteiger partial charge in [0.05, 0.1) is 5.41 Å². The Labute approximate surface area is 122 Å². The Morgan fingerprint density at radius 2 is 1.95 bits per heavy atom.